The van der Waals surface area contributed by atoms with Crippen LogP contribution in [0.5, 0.6) is 0 Å². The van der Waals surface area contributed by atoms with E-state index in [0.29, 0.717) is 24.8 Å². The second-order valence-corrected chi connectivity index (χ2v) is 9.16. The molecule has 6 nitrogen and oxygen atoms in total. The van der Waals surface area contributed by atoms with E-state index >= 15 is 0 Å². The third kappa shape index (κ3) is 5.66. The first-order valence-electron chi connectivity index (χ1n) is 10.7. The quantitative estimate of drug-likeness (QED) is 0.346. The predicted octanol–water partition coefficient (Wildman–Crippen LogP) is 3.86. The number of benzene rings is 1. The van der Waals surface area contributed by atoms with E-state index in [2.05, 4.69) is 60.2 Å². The second kappa shape index (κ2) is 10.8. The van der Waals surface area contributed by atoms with E-state index in [9.17, 15) is 4.79 Å². The molecule has 2 heterocycles. The van der Waals surface area contributed by atoms with Gasteiger partial charge in [0.1, 0.15) is 0 Å². The molecule has 2 unspecified atom stereocenters. The Morgan fingerprint density at radius 3 is 2.67 bits per heavy atom. The molecule has 2 atom stereocenters. The number of guanidine groups is 1. The Morgan fingerprint density at radius 1 is 1.33 bits per heavy atom. The molecule has 0 radical (unpaired) electrons. The molecule has 2 aliphatic heterocycles. The van der Waals surface area contributed by atoms with E-state index in [4.69, 9.17) is 4.74 Å². The smallest absolute Gasteiger partial charge is 0.222 e. The lowest BCUT2D eigenvalue weighted by Gasteiger charge is -2.31. The van der Waals surface area contributed by atoms with Crippen molar-refractivity contribution >= 4 is 41.5 Å². The van der Waals surface area contributed by atoms with Gasteiger partial charge in [0, 0.05) is 58.4 Å². The summed E-state index contributed by atoms with van der Waals surface area (Å²) < 4.78 is 5.70. The topological polar surface area (TPSA) is 57.2 Å². The number of aliphatic imine (C=N–C) groups is 1. The van der Waals surface area contributed by atoms with E-state index in [1.165, 1.54) is 11.3 Å². The van der Waals surface area contributed by atoms with E-state index in [-0.39, 0.29) is 35.5 Å². The minimum absolute atomic E-state index is 0. The van der Waals surface area contributed by atoms with Crippen molar-refractivity contribution in [3.63, 3.8) is 0 Å². The van der Waals surface area contributed by atoms with Crippen molar-refractivity contribution in [2.24, 2.45) is 10.4 Å². The van der Waals surface area contributed by atoms with Crippen LogP contribution in [-0.4, -0.2) is 63.2 Å². The zero-order chi connectivity index (χ0) is 21.0. The van der Waals surface area contributed by atoms with E-state index in [0.717, 1.165) is 38.4 Å². The molecule has 168 valence electrons. The number of ether oxygens (including phenoxy) is 1. The highest BCUT2D eigenvalue weighted by Gasteiger charge is 2.33. The van der Waals surface area contributed by atoms with Gasteiger partial charge >= 0.3 is 0 Å². The Bertz CT molecular complexity index is 747. The van der Waals surface area contributed by atoms with E-state index in [1.54, 1.807) is 7.11 Å². The van der Waals surface area contributed by atoms with Crippen LogP contribution in [0.2, 0.25) is 0 Å². The summed E-state index contributed by atoms with van der Waals surface area (Å²) in [5.41, 5.74) is 2.61. The number of hydrogen-bond donors (Lipinski definition) is 1. The summed E-state index contributed by atoms with van der Waals surface area (Å²) in [6, 6.07) is 8.57. The van der Waals surface area contributed by atoms with E-state index in [1.807, 2.05) is 11.9 Å². The fourth-order valence-electron chi connectivity index (χ4n) is 4.42. The molecule has 0 spiro atoms. The number of amides is 1. The molecule has 0 bridgehead atoms. The normalized spacial score (nSPS) is 20.2. The Morgan fingerprint density at radius 2 is 2.07 bits per heavy atom. The first kappa shape index (κ1) is 24.9. The Labute approximate surface area is 198 Å². The van der Waals surface area contributed by atoms with Crippen molar-refractivity contribution in [2.45, 2.75) is 52.1 Å². The molecule has 0 aromatic heterocycles. The van der Waals surface area contributed by atoms with E-state index < -0.39 is 0 Å². The zero-order valence-corrected chi connectivity index (χ0v) is 21.3. The fourth-order valence-corrected chi connectivity index (χ4v) is 4.42. The predicted molar refractivity (Wildman–Crippen MR) is 134 cm³/mol. The summed E-state index contributed by atoms with van der Waals surface area (Å²) in [6.07, 6.45) is 2.78. The third-order valence-electron chi connectivity index (χ3n) is 6.15. The highest BCUT2D eigenvalue weighted by atomic mass is 127. The lowest BCUT2D eigenvalue weighted by molar-refractivity contribution is -0.127. The van der Waals surface area contributed by atoms with Gasteiger partial charge in [0.2, 0.25) is 5.91 Å². The van der Waals surface area contributed by atoms with Gasteiger partial charge < -0.3 is 19.9 Å². The van der Waals surface area contributed by atoms with Crippen LogP contribution in [0.25, 0.3) is 0 Å². The largest absolute Gasteiger partial charge is 0.379 e. The summed E-state index contributed by atoms with van der Waals surface area (Å²) in [4.78, 5) is 20.8. The summed E-state index contributed by atoms with van der Waals surface area (Å²) >= 11 is 0. The maximum absolute atomic E-state index is 12.0. The monoisotopic (exact) mass is 528 g/mol. The Kier molecular flexibility index (Phi) is 8.97. The van der Waals surface area contributed by atoms with Gasteiger partial charge in [-0.25, -0.2) is 0 Å². The van der Waals surface area contributed by atoms with Gasteiger partial charge in [-0.1, -0.05) is 39.0 Å². The van der Waals surface area contributed by atoms with Crippen molar-refractivity contribution in [3.8, 4) is 0 Å². The molecule has 1 saturated heterocycles. The number of nitrogens with one attached hydrogen (secondary N) is 1. The van der Waals surface area contributed by atoms with Crippen LogP contribution in [0, 0.1) is 5.41 Å². The SMILES string of the molecule is CN=C(NCC(OC)C(C)(C)C)N1CC(CCN2CCCC2=O)c2ccccc21.I. The molecule has 3 rings (SSSR count). The number of anilines is 1. The number of fused-ring (bicyclic) bond motifs is 1. The van der Waals surface area contributed by atoms with Crippen LogP contribution < -0.4 is 10.2 Å². The molecule has 1 N–H and O–H groups in total. The number of rotatable bonds is 6. The van der Waals surface area contributed by atoms with Crippen molar-refractivity contribution < 1.29 is 9.53 Å². The molecule has 0 saturated carbocycles. The maximum atomic E-state index is 12.0. The van der Waals surface area contributed by atoms with Crippen molar-refractivity contribution in [1.82, 2.24) is 10.2 Å². The third-order valence-corrected chi connectivity index (χ3v) is 6.15. The van der Waals surface area contributed by atoms with Gasteiger partial charge in [0.25, 0.3) is 0 Å². The highest BCUT2D eigenvalue weighted by Crippen LogP contribution is 2.38. The number of carbonyl (C=O) groups is 1. The molecular formula is C23H37IN4O2. The number of para-hydroxylation sites is 1. The van der Waals surface area contributed by atoms with Crippen molar-refractivity contribution in [2.75, 3.05) is 45.2 Å². The molecule has 30 heavy (non-hydrogen) atoms. The molecular weight excluding hydrogens is 491 g/mol. The van der Waals surface area contributed by atoms with Gasteiger partial charge in [-0.2, -0.15) is 0 Å². The Balaban J connectivity index is 0.00000320. The molecule has 1 amide bonds. The number of methoxy groups -OCH3 is 1. The van der Waals surface area contributed by atoms with Crippen LogP contribution in [0.4, 0.5) is 5.69 Å². The average molecular weight is 528 g/mol. The zero-order valence-electron chi connectivity index (χ0n) is 19.0. The van der Waals surface area contributed by atoms with Gasteiger partial charge in [-0.15, -0.1) is 24.0 Å². The summed E-state index contributed by atoms with van der Waals surface area (Å²) in [5.74, 6) is 1.58. The second-order valence-electron chi connectivity index (χ2n) is 9.16. The summed E-state index contributed by atoms with van der Waals surface area (Å²) in [7, 11) is 3.60. The highest BCUT2D eigenvalue weighted by molar-refractivity contribution is 14.0. The minimum atomic E-state index is 0. The van der Waals surface area contributed by atoms with Crippen LogP contribution in [-0.2, 0) is 9.53 Å². The average Bonchev–Trinajstić information content (AvgIpc) is 3.26. The van der Waals surface area contributed by atoms with Crippen LogP contribution >= 0.6 is 24.0 Å². The molecule has 1 fully saturated rings. The first-order chi connectivity index (χ1) is 13.8. The summed E-state index contributed by atoms with van der Waals surface area (Å²) in [6.45, 7) is 9.90. The van der Waals surface area contributed by atoms with Gasteiger partial charge in [0.05, 0.1) is 6.10 Å². The first-order valence-corrected chi connectivity index (χ1v) is 10.7. The number of halogens is 1. The van der Waals surface area contributed by atoms with Gasteiger partial charge in [-0.05, 0) is 29.9 Å². The van der Waals surface area contributed by atoms with Gasteiger partial charge in [-0.3, -0.25) is 9.79 Å². The number of carbonyl (C=O) groups excluding carboxylic acids is 1. The fraction of sp³-hybridized carbons (Fsp3) is 0.652. The molecule has 1 aromatic carbocycles. The maximum Gasteiger partial charge on any atom is 0.222 e. The standard InChI is InChI=1S/C23H36N4O2.HI/c1-23(2,3)20(29-5)15-25-22(24-4)27-16-17(18-9-6-7-10-19(18)27)12-14-26-13-8-11-21(26)28;/h6-7,9-10,17,20H,8,11-16H2,1-5H3,(H,24,25);1H. The Hall–Kier alpha value is -1.35. The van der Waals surface area contributed by atoms with Crippen LogP contribution in [0.3, 0.4) is 0 Å². The lowest BCUT2D eigenvalue weighted by Crippen LogP contribution is -2.47. The number of likely N-dealkylation sites (tertiary alicyclic amines) is 1. The van der Waals surface area contributed by atoms with Gasteiger partial charge in [0.15, 0.2) is 5.96 Å². The number of nitrogens with zero attached hydrogens (tertiary/aromatic N) is 3. The molecule has 7 heteroatoms. The molecule has 1 aromatic rings. The summed E-state index contributed by atoms with van der Waals surface area (Å²) in [5, 5.41) is 3.52. The minimum Gasteiger partial charge on any atom is -0.379 e. The molecule has 0 aliphatic carbocycles. The van der Waals surface area contributed by atoms with Crippen LogP contribution in [0.15, 0.2) is 29.3 Å². The van der Waals surface area contributed by atoms with Crippen molar-refractivity contribution in [1.29, 1.82) is 0 Å². The van der Waals surface area contributed by atoms with Crippen LogP contribution in [0.1, 0.15) is 51.5 Å². The molecule has 2 aliphatic rings. The number of hydrogen-bond acceptors (Lipinski definition) is 3. The van der Waals surface area contributed by atoms with Crippen molar-refractivity contribution in [3.05, 3.63) is 29.8 Å². The lowest BCUT2D eigenvalue weighted by atomic mass is 9.89.